The summed E-state index contributed by atoms with van der Waals surface area (Å²) in [5.41, 5.74) is -0.810. The Balaban J connectivity index is 2.24. The summed E-state index contributed by atoms with van der Waals surface area (Å²) in [4.78, 5) is 27.9. The molecule has 1 aromatic rings. The maximum absolute atomic E-state index is 12.3. The summed E-state index contributed by atoms with van der Waals surface area (Å²) in [6.07, 6.45) is 6.11. The van der Waals surface area contributed by atoms with Crippen LogP contribution >= 0.6 is 15.9 Å². The topological polar surface area (TPSA) is 79.3 Å². The standard InChI is InChI=1S/C14H17BrN2O3/c1-9-4-2-3-5-14(9,13(19)20)17-12(18)10-6-11(15)8-16-7-10/h6-9H,2-5H2,1H3,(H,17,18)(H,19,20). The maximum Gasteiger partial charge on any atom is 0.329 e. The number of nitrogens with one attached hydrogen (secondary N) is 1. The van der Waals surface area contributed by atoms with E-state index < -0.39 is 17.4 Å². The van der Waals surface area contributed by atoms with E-state index in [9.17, 15) is 14.7 Å². The summed E-state index contributed by atoms with van der Waals surface area (Å²) in [5, 5.41) is 12.3. The van der Waals surface area contributed by atoms with Crippen LogP contribution in [0.2, 0.25) is 0 Å². The number of carboxylic acids is 1. The third-order valence-electron chi connectivity index (χ3n) is 3.98. The van der Waals surface area contributed by atoms with Crippen molar-refractivity contribution in [3.63, 3.8) is 0 Å². The van der Waals surface area contributed by atoms with Crippen LogP contribution in [0.15, 0.2) is 22.9 Å². The van der Waals surface area contributed by atoms with Gasteiger partial charge in [0.15, 0.2) is 0 Å². The molecule has 1 fully saturated rings. The highest BCUT2D eigenvalue weighted by Crippen LogP contribution is 2.34. The highest BCUT2D eigenvalue weighted by molar-refractivity contribution is 9.10. The summed E-state index contributed by atoms with van der Waals surface area (Å²) >= 11 is 3.25. The molecule has 1 saturated carbocycles. The number of pyridine rings is 1. The molecule has 2 rings (SSSR count). The first-order valence-corrected chi connectivity index (χ1v) is 7.41. The molecule has 0 bridgehead atoms. The fourth-order valence-electron chi connectivity index (χ4n) is 2.71. The van der Waals surface area contributed by atoms with E-state index in [1.54, 1.807) is 12.3 Å². The molecule has 108 valence electrons. The summed E-state index contributed by atoms with van der Waals surface area (Å²) in [7, 11) is 0. The predicted octanol–water partition coefficient (Wildman–Crippen LogP) is 2.61. The zero-order chi connectivity index (χ0) is 14.8. The molecule has 0 saturated heterocycles. The Bertz CT molecular complexity index is 535. The number of hydrogen-bond donors (Lipinski definition) is 2. The van der Waals surface area contributed by atoms with Crippen LogP contribution in [0.1, 0.15) is 43.0 Å². The molecule has 1 aliphatic rings. The van der Waals surface area contributed by atoms with Crippen molar-refractivity contribution in [1.29, 1.82) is 0 Å². The number of aliphatic carboxylic acids is 1. The van der Waals surface area contributed by atoms with Crippen LogP contribution in [0, 0.1) is 5.92 Å². The van der Waals surface area contributed by atoms with Gasteiger partial charge in [0.2, 0.25) is 0 Å². The second-order valence-corrected chi connectivity index (χ2v) is 6.18. The number of carbonyl (C=O) groups is 2. The van der Waals surface area contributed by atoms with Crippen molar-refractivity contribution in [2.75, 3.05) is 0 Å². The zero-order valence-corrected chi connectivity index (χ0v) is 12.8. The molecular weight excluding hydrogens is 324 g/mol. The first-order valence-electron chi connectivity index (χ1n) is 6.62. The van der Waals surface area contributed by atoms with Gasteiger partial charge in [-0.25, -0.2) is 4.79 Å². The molecule has 1 aromatic heterocycles. The minimum Gasteiger partial charge on any atom is -0.479 e. The third-order valence-corrected chi connectivity index (χ3v) is 4.42. The van der Waals surface area contributed by atoms with E-state index in [4.69, 9.17) is 0 Å². The van der Waals surface area contributed by atoms with Gasteiger partial charge in [0.05, 0.1) is 5.56 Å². The molecular formula is C14H17BrN2O3. The van der Waals surface area contributed by atoms with Crippen LogP contribution in [0.5, 0.6) is 0 Å². The molecule has 6 heteroatoms. The molecule has 1 aliphatic carbocycles. The van der Waals surface area contributed by atoms with Gasteiger partial charge < -0.3 is 10.4 Å². The normalized spacial score (nSPS) is 26.0. The molecule has 0 aliphatic heterocycles. The van der Waals surface area contributed by atoms with E-state index >= 15 is 0 Å². The monoisotopic (exact) mass is 340 g/mol. The molecule has 0 aromatic carbocycles. The molecule has 0 spiro atoms. The number of carboxylic acid groups (broad SMARTS) is 1. The minimum absolute atomic E-state index is 0.0854. The average Bonchev–Trinajstić information content (AvgIpc) is 2.41. The van der Waals surface area contributed by atoms with Crippen LogP contribution in [-0.4, -0.2) is 27.5 Å². The Kier molecular flexibility index (Phi) is 4.42. The van der Waals surface area contributed by atoms with E-state index in [1.165, 1.54) is 6.20 Å². The second kappa shape index (κ2) is 5.91. The Labute approximate surface area is 125 Å². The summed E-state index contributed by atoms with van der Waals surface area (Å²) < 4.78 is 0.686. The number of nitrogens with zero attached hydrogens (tertiary/aromatic N) is 1. The smallest absolute Gasteiger partial charge is 0.329 e. The predicted molar refractivity (Wildman–Crippen MR) is 77.4 cm³/mol. The molecule has 2 atom stereocenters. The Hall–Kier alpha value is -1.43. The van der Waals surface area contributed by atoms with Gasteiger partial charge in [0.25, 0.3) is 5.91 Å². The first-order chi connectivity index (χ1) is 9.45. The van der Waals surface area contributed by atoms with Crippen LogP contribution in [-0.2, 0) is 4.79 Å². The quantitative estimate of drug-likeness (QED) is 0.886. The number of hydrogen-bond acceptors (Lipinski definition) is 3. The van der Waals surface area contributed by atoms with Gasteiger partial charge in [-0.1, -0.05) is 19.8 Å². The highest BCUT2D eigenvalue weighted by Gasteiger charge is 2.46. The first kappa shape index (κ1) is 15.0. The summed E-state index contributed by atoms with van der Waals surface area (Å²) in [6.45, 7) is 1.88. The third kappa shape index (κ3) is 2.85. The fourth-order valence-corrected chi connectivity index (χ4v) is 3.08. The number of rotatable bonds is 3. The minimum atomic E-state index is -1.17. The number of amides is 1. The van der Waals surface area contributed by atoms with Crippen molar-refractivity contribution in [3.05, 3.63) is 28.5 Å². The second-order valence-electron chi connectivity index (χ2n) is 5.27. The number of carbonyl (C=O) groups excluding carboxylic acids is 1. The van der Waals surface area contributed by atoms with Crippen LogP contribution in [0.4, 0.5) is 0 Å². The van der Waals surface area contributed by atoms with Crippen molar-refractivity contribution >= 4 is 27.8 Å². The number of aromatic nitrogens is 1. The highest BCUT2D eigenvalue weighted by atomic mass is 79.9. The van der Waals surface area contributed by atoms with E-state index in [0.29, 0.717) is 16.5 Å². The lowest BCUT2D eigenvalue weighted by atomic mass is 9.73. The fraction of sp³-hybridized carbons (Fsp3) is 0.500. The van der Waals surface area contributed by atoms with Gasteiger partial charge in [0, 0.05) is 16.9 Å². The lowest BCUT2D eigenvalue weighted by Gasteiger charge is -2.39. The van der Waals surface area contributed by atoms with E-state index in [1.807, 2.05) is 6.92 Å². The van der Waals surface area contributed by atoms with Gasteiger partial charge in [-0.15, -0.1) is 0 Å². The van der Waals surface area contributed by atoms with Crippen molar-refractivity contribution in [2.24, 2.45) is 5.92 Å². The lowest BCUT2D eigenvalue weighted by molar-refractivity contribution is -0.148. The molecule has 2 N–H and O–H groups in total. The van der Waals surface area contributed by atoms with Gasteiger partial charge in [-0.05, 0) is 40.8 Å². The molecule has 0 radical (unpaired) electrons. The van der Waals surface area contributed by atoms with Crippen LogP contribution in [0.25, 0.3) is 0 Å². The lowest BCUT2D eigenvalue weighted by Crippen LogP contribution is -2.60. The zero-order valence-electron chi connectivity index (χ0n) is 11.2. The van der Waals surface area contributed by atoms with Gasteiger partial charge in [-0.3, -0.25) is 9.78 Å². The van der Waals surface area contributed by atoms with Crippen LogP contribution < -0.4 is 5.32 Å². The van der Waals surface area contributed by atoms with Crippen LogP contribution in [0.3, 0.4) is 0 Å². The Morgan fingerprint density at radius 1 is 1.45 bits per heavy atom. The molecule has 1 amide bonds. The molecule has 2 unspecified atom stereocenters. The average molecular weight is 341 g/mol. The summed E-state index contributed by atoms with van der Waals surface area (Å²) in [5.74, 6) is -1.44. The maximum atomic E-state index is 12.3. The van der Waals surface area contributed by atoms with E-state index in [0.717, 1.165) is 19.3 Å². The largest absolute Gasteiger partial charge is 0.479 e. The van der Waals surface area contributed by atoms with Gasteiger partial charge >= 0.3 is 5.97 Å². The van der Waals surface area contributed by atoms with Crippen molar-refractivity contribution in [3.8, 4) is 0 Å². The van der Waals surface area contributed by atoms with Crippen molar-refractivity contribution in [1.82, 2.24) is 10.3 Å². The molecule has 5 nitrogen and oxygen atoms in total. The number of halogens is 1. The molecule has 20 heavy (non-hydrogen) atoms. The van der Waals surface area contributed by atoms with E-state index in [-0.39, 0.29) is 5.92 Å². The summed E-state index contributed by atoms with van der Waals surface area (Å²) in [6, 6.07) is 1.63. The Morgan fingerprint density at radius 3 is 2.80 bits per heavy atom. The van der Waals surface area contributed by atoms with Gasteiger partial charge in [-0.2, -0.15) is 0 Å². The van der Waals surface area contributed by atoms with Crippen molar-refractivity contribution < 1.29 is 14.7 Å². The SMILES string of the molecule is CC1CCCCC1(NC(=O)c1cncc(Br)c1)C(=O)O. The van der Waals surface area contributed by atoms with Crippen molar-refractivity contribution in [2.45, 2.75) is 38.1 Å². The molecule has 1 heterocycles. The Morgan fingerprint density at radius 2 is 2.20 bits per heavy atom. The van der Waals surface area contributed by atoms with E-state index in [2.05, 4.69) is 26.2 Å². The van der Waals surface area contributed by atoms with Gasteiger partial charge in [0.1, 0.15) is 5.54 Å².